The van der Waals surface area contributed by atoms with Gasteiger partial charge in [0.05, 0.1) is 10.6 Å². The van der Waals surface area contributed by atoms with Gasteiger partial charge in [0.1, 0.15) is 11.6 Å². The monoisotopic (exact) mass is 431 g/mol. The number of hydrogen-bond donors (Lipinski definition) is 2. The summed E-state index contributed by atoms with van der Waals surface area (Å²) >= 11 is 5.63. The molecule has 2 N–H and O–H groups in total. The quantitative estimate of drug-likeness (QED) is 0.706. The van der Waals surface area contributed by atoms with Crippen molar-refractivity contribution in [1.82, 2.24) is 10.6 Å². The van der Waals surface area contributed by atoms with E-state index in [1.165, 1.54) is 12.1 Å². The van der Waals surface area contributed by atoms with Crippen LogP contribution in [-0.4, -0.2) is 43.6 Å². The van der Waals surface area contributed by atoms with Crippen molar-refractivity contribution < 1.29 is 18.7 Å². The fourth-order valence-corrected chi connectivity index (χ4v) is 4.58. The molecule has 2 amide bonds. The number of carbonyl (C=O) groups excluding carboxylic acids is 2. The van der Waals surface area contributed by atoms with Crippen LogP contribution in [0.15, 0.2) is 42.5 Å². The minimum atomic E-state index is -0.595. The van der Waals surface area contributed by atoms with Crippen molar-refractivity contribution in [1.29, 1.82) is 0 Å². The molecule has 3 aliphatic carbocycles. The van der Waals surface area contributed by atoms with Gasteiger partial charge in [-0.3, -0.25) is 9.59 Å². The summed E-state index contributed by atoms with van der Waals surface area (Å²) < 4.78 is 18.8. The molecule has 3 saturated carbocycles. The molecule has 8 heteroatoms. The number of carbonyl (C=O) groups is 2. The maximum absolute atomic E-state index is 13.4. The second-order valence-corrected chi connectivity index (χ2v) is 8.78. The fraction of sp³-hybridized carbons (Fsp3) is 0.364. The van der Waals surface area contributed by atoms with Crippen LogP contribution in [0.2, 0.25) is 5.02 Å². The van der Waals surface area contributed by atoms with Crippen LogP contribution >= 0.6 is 11.6 Å². The summed E-state index contributed by atoms with van der Waals surface area (Å²) in [6, 6.07) is 11.5. The standard InChI is InChI=1S/C22H23ClFN3O3/c1-27(2)18-6-4-3-5-15(18)20(29)26-22-11-21(12-22,13-22)25-19(28)10-30-14-7-8-16(23)17(24)9-14/h3-9H,10-13H2,1-2H3,(H,25,28)(H,26,29). The molecule has 0 unspecified atom stereocenters. The van der Waals surface area contributed by atoms with Crippen LogP contribution in [0.5, 0.6) is 5.75 Å². The predicted molar refractivity (Wildman–Crippen MR) is 113 cm³/mol. The van der Waals surface area contributed by atoms with Gasteiger partial charge in [0.25, 0.3) is 11.8 Å². The topological polar surface area (TPSA) is 70.7 Å². The lowest BCUT2D eigenvalue weighted by Gasteiger charge is -2.70. The van der Waals surface area contributed by atoms with Crippen LogP contribution in [0, 0.1) is 5.82 Å². The SMILES string of the molecule is CN(C)c1ccccc1C(=O)NC12CC(NC(=O)COc3ccc(Cl)c(F)c3)(C1)C2. The highest BCUT2D eigenvalue weighted by molar-refractivity contribution is 6.30. The summed E-state index contributed by atoms with van der Waals surface area (Å²) in [7, 11) is 3.80. The zero-order chi connectivity index (χ0) is 21.5. The highest BCUT2D eigenvalue weighted by atomic mass is 35.5. The number of nitrogens with one attached hydrogen (secondary N) is 2. The zero-order valence-corrected chi connectivity index (χ0v) is 17.6. The summed E-state index contributed by atoms with van der Waals surface area (Å²) in [5.41, 5.74) is 0.943. The number of anilines is 1. The van der Waals surface area contributed by atoms with Crippen molar-refractivity contribution in [2.24, 2.45) is 0 Å². The molecule has 0 spiro atoms. The van der Waals surface area contributed by atoms with E-state index in [-0.39, 0.29) is 40.3 Å². The number of nitrogens with zero attached hydrogens (tertiary/aromatic N) is 1. The Labute approximate surface area is 179 Å². The number of hydrogen-bond acceptors (Lipinski definition) is 4. The average molecular weight is 432 g/mol. The number of rotatable bonds is 7. The number of amides is 2. The van der Waals surface area contributed by atoms with Crippen molar-refractivity contribution in [3.8, 4) is 5.75 Å². The van der Waals surface area contributed by atoms with Crippen molar-refractivity contribution in [3.05, 3.63) is 58.9 Å². The number of benzene rings is 2. The van der Waals surface area contributed by atoms with Crippen LogP contribution < -0.4 is 20.3 Å². The normalized spacial score (nSPS) is 23.6. The van der Waals surface area contributed by atoms with Gasteiger partial charge in [-0.05, 0) is 43.5 Å². The molecule has 5 rings (SSSR count). The Bertz CT molecular complexity index is 991. The third kappa shape index (κ3) is 3.81. The molecule has 0 heterocycles. The molecular formula is C22H23ClFN3O3. The van der Waals surface area contributed by atoms with E-state index in [9.17, 15) is 14.0 Å². The van der Waals surface area contributed by atoms with Gasteiger partial charge in [0, 0.05) is 36.9 Å². The number of para-hydroxylation sites is 1. The molecule has 0 atom stereocenters. The first kappa shape index (κ1) is 20.5. The van der Waals surface area contributed by atoms with Gasteiger partial charge in [-0.2, -0.15) is 0 Å². The number of ether oxygens (including phenoxy) is 1. The van der Waals surface area contributed by atoms with E-state index in [1.54, 1.807) is 0 Å². The van der Waals surface area contributed by atoms with E-state index in [1.807, 2.05) is 43.3 Å². The second-order valence-electron chi connectivity index (χ2n) is 8.37. The molecule has 2 bridgehead atoms. The Morgan fingerprint density at radius 1 is 1.10 bits per heavy atom. The van der Waals surface area contributed by atoms with Crippen LogP contribution in [0.3, 0.4) is 0 Å². The molecule has 0 aromatic heterocycles. The van der Waals surface area contributed by atoms with E-state index in [0.29, 0.717) is 24.8 Å². The highest BCUT2D eigenvalue weighted by Gasteiger charge is 2.69. The Kier molecular flexibility index (Phi) is 5.10. The van der Waals surface area contributed by atoms with Crippen molar-refractivity contribution in [2.75, 3.05) is 25.6 Å². The van der Waals surface area contributed by atoms with Crippen LogP contribution in [0.25, 0.3) is 0 Å². The van der Waals surface area contributed by atoms with Crippen LogP contribution in [0.1, 0.15) is 29.6 Å². The van der Waals surface area contributed by atoms with E-state index < -0.39 is 5.82 Å². The van der Waals surface area contributed by atoms with Gasteiger partial charge >= 0.3 is 0 Å². The van der Waals surface area contributed by atoms with Crippen molar-refractivity contribution >= 4 is 29.1 Å². The van der Waals surface area contributed by atoms with E-state index in [4.69, 9.17) is 16.3 Å². The Morgan fingerprint density at radius 2 is 1.77 bits per heavy atom. The summed E-state index contributed by atoms with van der Waals surface area (Å²) in [5.74, 6) is -0.731. The average Bonchev–Trinajstić information content (AvgIpc) is 2.66. The lowest BCUT2D eigenvalue weighted by Crippen LogP contribution is -2.84. The minimum absolute atomic E-state index is 0.00113. The van der Waals surface area contributed by atoms with Crippen LogP contribution in [0.4, 0.5) is 10.1 Å². The highest BCUT2D eigenvalue weighted by Crippen LogP contribution is 2.60. The van der Waals surface area contributed by atoms with Crippen LogP contribution in [-0.2, 0) is 4.79 Å². The molecule has 6 nitrogen and oxygen atoms in total. The summed E-state index contributed by atoms with van der Waals surface area (Å²) in [6.07, 6.45) is 2.07. The van der Waals surface area contributed by atoms with Gasteiger partial charge < -0.3 is 20.3 Å². The molecule has 0 aliphatic heterocycles. The lowest BCUT2D eigenvalue weighted by atomic mass is 9.44. The van der Waals surface area contributed by atoms with E-state index in [0.717, 1.165) is 11.8 Å². The maximum atomic E-state index is 13.4. The minimum Gasteiger partial charge on any atom is -0.484 e. The maximum Gasteiger partial charge on any atom is 0.258 e. The molecule has 30 heavy (non-hydrogen) atoms. The van der Waals surface area contributed by atoms with Crippen molar-refractivity contribution in [3.63, 3.8) is 0 Å². The summed E-state index contributed by atoms with van der Waals surface area (Å²) in [4.78, 5) is 26.9. The fourth-order valence-electron chi connectivity index (χ4n) is 4.46. The Balaban J connectivity index is 1.27. The third-order valence-corrected chi connectivity index (χ3v) is 6.01. The second kappa shape index (κ2) is 7.47. The number of halogens is 2. The molecule has 2 aromatic carbocycles. The smallest absolute Gasteiger partial charge is 0.258 e. The first-order valence-electron chi connectivity index (χ1n) is 9.69. The third-order valence-electron chi connectivity index (χ3n) is 5.71. The Hall–Kier alpha value is -2.80. The van der Waals surface area contributed by atoms with Gasteiger partial charge in [-0.25, -0.2) is 4.39 Å². The molecule has 0 radical (unpaired) electrons. The molecule has 2 aromatic rings. The summed E-state index contributed by atoms with van der Waals surface area (Å²) in [6.45, 7) is -0.210. The van der Waals surface area contributed by atoms with E-state index >= 15 is 0 Å². The summed E-state index contributed by atoms with van der Waals surface area (Å²) in [5, 5.41) is 6.12. The molecule has 3 aliphatic rings. The zero-order valence-electron chi connectivity index (χ0n) is 16.8. The first-order valence-corrected chi connectivity index (χ1v) is 10.1. The largest absolute Gasteiger partial charge is 0.484 e. The van der Waals surface area contributed by atoms with Gasteiger partial charge in [0.2, 0.25) is 0 Å². The molecule has 0 saturated heterocycles. The molecule has 3 fully saturated rings. The molecule has 158 valence electrons. The van der Waals surface area contributed by atoms with Gasteiger partial charge in [-0.15, -0.1) is 0 Å². The van der Waals surface area contributed by atoms with Crippen molar-refractivity contribution in [2.45, 2.75) is 30.3 Å². The Morgan fingerprint density at radius 3 is 2.43 bits per heavy atom. The predicted octanol–water partition coefficient (Wildman–Crippen LogP) is 3.15. The molecular weight excluding hydrogens is 409 g/mol. The first-order chi connectivity index (χ1) is 14.2. The van der Waals surface area contributed by atoms with Gasteiger partial charge in [0.15, 0.2) is 6.61 Å². The van der Waals surface area contributed by atoms with E-state index in [2.05, 4.69) is 10.6 Å². The van der Waals surface area contributed by atoms with Gasteiger partial charge in [-0.1, -0.05) is 23.7 Å². The lowest BCUT2D eigenvalue weighted by molar-refractivity contribution is -0.141.